The third kappa shape index (κ3) is 5.99. The summed E-state index contributed by atoms with van der Waals surface area (Å²) in [5.41, 5.74) is 3.05. The molecule has 1 amide bonds. The zero-order valence-corrected chi connectivity index (χ0v) is 18.1. The maximum absolute atomic E-state index is 13.6. The van der Waals surface area contributed by atoms with Crippen molar-refractivity contribution in [2.45, 2.75) is 40.0 Å². The fourth-order valence-electron chi connectivity index (χ4n) is 3.94. The summed E-state index contributed by atoms with van der Waals surface area (Å²) >= 11 is 0. The fourth-order valence-corrected chi connectivity index (χ4v) is 3.94. The zero-order valence-electron chi connectivity index (χ0n) is 18.1. The van der Waals surface area contributed by atoms with Crippen LogP contribution in [0.5, 0.6) is 0 Å². The maximum Gasteiger partial charge on any atom is 0.238 e. The second-order valence-electron chi connectivity index (χ2n) is 8.72. The van der Waals surface area contributed by atoms with Crippen LogP contribution in [0.25, 0.3) is 0 Å². The lowest BCUT2D eigenvalue weighted by atomic mass is 9.88. The summed E-state index contributed by atoms with van der Waals surface area (Å²) in [6.07, 6.45) is 2.52. The number of carbonyl (C=O) groups excluding carboxylic acids is 2. The predicted molar refractivity (Wildman–Crippen MR) is 118 cm³/mol. The third-order valence-corrected chi connectivity index (χ3v) is 5.66. The number of carbonyl (C=O) groups is 2. The van der Waals surface area contributed by atoms with Crippen LogP contribution in [0.1, 0.15) is 48.2 Å². The van der Waals surface area contributed by atoms with Gasteiger partial charge in [-0.3, -0.25) is 14.5 Å². The lowest BCUT2D eigenvalue weighted by molar-refractivity contribution is -0.117. The number of nitrogens with one attached hydrogen (secondary N) is 1. The molecule has 4 nitrogen and oxygen atoms in total. The molecule has 1 heterocycles. The first-order valence-corrected chi connectivity index (χ1v) is 10.7. The van der Waals surface area contributed by atoms with E-state index in [9.17, 15) is 14.0 Å². The molecule has 2 aromatic rings. The molecule has 1 aliphatic heterocycles. The van der Waals surface area contributed by atoms with Gasteiger partial charge in [-0.2, -0.15) is 0 Å². The summed E-state index contributed by atoms with van der Waals surface area (Å²) in [5, 5.41) is 2.75. The molecule has 5 heteroatoms. The second kappa shape index (κ2) is 9.98. The van der Waals surface area contributed by atoms with Gasteiger partial charge in [0.25, 0.3) is 0 Å². The van der Waals surface area contributed by atoms with Gasteiger partial charge in [-0.15, -0.1) is 0 Å². The van der Waals surface area contributed by atoms with Crippen molar-refractivity contribution in [3.05, 3.63) is 65.0 Å². The zero-order chi connectivity index (χ0) is 21.7. The van der Waals surface area contributed by atoms with E-state index in [1.54, 1.807) is 19.1 Å². The number of aryl methyl sites for hydroxylation is 1. The minimum absolute atomic E-state index is 0.00598. The van der Waals surface area contributed by atoms with Gasteiger partial charge in [-0.1, -0.05) is 44.2 Å². The third-order valence-electron chi connectivity index (χ3n) is 5.66. The Morgan fingerprint density at radius 2 is 1.77 bits per heavy atom. The second-order valence-corrected chi connectivity index (χ2v) is 8.72. The molecule has 0 aliphatic carbocycles. The molecule has 0 spiro atoms. The molecule has 0 aromatic heterocycles. The Morgan fingerprint density at radius 1 is 1.10 bits per heavy atom. The number of Topliss-reactive ketones (excluding diaryl/α,β-unsaturated/α-hetero) is 1. The van der Waals surface area contributed by atoms with Crippen LogP contribution >= 0.6 is 0 Å². The van der Waals surface area contributed by atoms with E-state index in [0.717, 1.165) is 24.8 Å². The molecule has 0 bridgehead atoms. The molecule has 3 rings (SSSR count). The van der Waals surface area contributed by atoms with Crippen molar-refractivity contribution in [1.82, 2.24) is 4.90 Å². The van der Waals surface area contributed by atoms with E-state index in [4.69, 9.17) is 0 Å². The van der Waals surface area contributed by atoms with E-state index >= 15 is 0 Å². The number of nitrogens with zero attached hydrogens (tertiary/aromatic N) is 1. The van der Waals surface area contributed by atoms with Gasteiger partial charge in [0.2, 0.25) is 5.91 Å². The van der Waals surface area contributed by atoms with Crippen LogP contribution < -0.4 is 5.32 Å². The Bertz CT molecular complexity index is 885. The number of benzene rings is 2. The summed E-state index contributed by atoms with van der Waals surface area (Å²) in [6.45, 7) is 7.72. The molecule has 160 valence electrons. The van der Waals surface area contributed by atoms with Crippen molar-refractivity contribution in [3.63, 3.8) is 0 Å². The predicted octanol–water partition coefficient (Wildman–Crippen LogP) is 4.87. The molecular formula is C25H31FN2O2. The minimum atomic E-state index is -0.329. The Kier molecular flexibility index (Phi) is 7.38. The number of piperidine rings is 1. The number of halogens is 1. The van der Waals surface area contributed by atoms with E-state index in [0.29, 0.717) is 30.3 Å². The number of amides is 1. The van der Waals surface area contributed by atoms with Crippen LogP contribution in [0.2, 0.25) is 0 Å². The number of hydrogen-bond acceptors (Lipinski definition) is 3. The van der Waals surface area contributed by atoms with Gasteiger partial charge in [-0.25, -0.2) is 4.39 Å². The molecule has 1 aliphatic rings. The van der Waals surface area contributed by atoms with Crippen LogP contribution in [0.4, 0.5) is 10.1 Å². The average Bonchev–Trinajstić information content (AvgIpc) is 2.71. The van der Waals surface area contributed by atoms with Gasteiger partial charge in [-0.05, 0) is 68.5 Å². The van der Waals surface area contributed by atoms with Crippen LogP contribution in [0.3, 0.4) is 0 Å². The summed E-state index contributed by atoms with van der Waals surface area (Å²) in [4.78, 5) is 27.2. The van der Waals surface area contributed by atoms with Crippen LogP contribution in [0, 0.1) is 24.6 Å². The number of rotatable bonds is 7. The molecule has 0 unspecified atom stereocenters. The largest absolute Gasteiger partial charge is 0.325 e. The quantitative estimate of drug-likeness (QED) is 0.663. The summed E-state index contributed by atoms with van der Waals surface area (Å²) in [7, 11) is 0. The monoisotopic (exact) mass is 410 g/mol. The van der Waals surface area contributed by atoms with Gasteiger partial charge in [0.1, 0.15) is 5.82 Å². The summed E-state index contributed by atoms with van der Waals surface area (Å²) in [6, 6.07) is 12.7. The molecule has 1 saturated heterocycles. The van der Waals surface area contributed by atoms with Gasteiger partial charge >= 0.3 is 0 Å². The maximum atomic E-state index is 13.6. The van der Waals surface area contributed by atoms with Crippen molar-refractivity contribution in [3.8, 4) is 0 Å². The van der Waals surface area contributed by atoms with Crippen molar-refractivity contribution >= 4 is 17.4 Å². The highest BCUT2D eigenvalue weighted by Crippen LogP contribution is 2.23. The standard InChI is InChI=1S/C25H31FN2O2/c1-17(2)14-19-5-7-20(8-6-19)25(30)21-10-12-28(13-11-21)16-24(29)27-22-9-4-18(3)23(26)15-22/h4-9,15,17,21H,10-14,16H2,1-3H3,(H,27,29). The smallest absolute Gasteiger partial charge is 0.238 e. The number of ketones is 1. The summed E-state index contributed by atoms with van der Waals surface area (Å²) < 4.78 is 13.6. The fraction of sp³-hybridized carbons (Fsp3) is 0.440. The first kappa shape index (κ1) is 22.2. The van der Waals surface area contributed by atoms with Gasteiger partial charge < -0.3 is 5.32 Å². The highest BCUT2D eigenvalue weighted by Gasteiger charge is 2.26. The highest BCUT2D eigenvalue weighted by molar-refractivity contribution is 5.98. The van der Waals surface area contributed by atoms with Gasteiger partial charge in [0.05, 0.1) is 6.54 Å². The molecular weight excluding hydrogens is 379 g/mol. The number of hydrogen-bond donors (Lipinski definition) is 1. The molecule has 1 fully saturated rings. The lowest BCUT2D eigenvalue weighted by Crippen LogP contribution is -2.40. The van der Waals surface area contributed by atoms with E-state index in [1.807, 2.05) is 12.1 Å². The van der Waals surface area contributed by atoms with Crippen molar-refractivity contribution < 1.29 is 14.0 Å². The molecule has 0 radical (unpaired) electrons. The van der Waals surface area contributed by atoms with Gasteiger partial charge in [0.15, 0.2) is 5.78 Å². The van der Waals surface area contributed by atoms with E-state index < -0.39 is 0 Å². The van der Waals surface area contributed by atoms with Crippen molar-refractivity contribution in [2.24, 2.45) is 11.8 Å². The van der Waals surface area contributed by atoms with E-state index in [1.165, 1.54) is 11.6 Å². The number of likely N-dealkylation sites (tertiary alicyclic amines) is 1. The van der Waals surface area contributed by atoms with Gasteiger partial charge in [0, 0.05) is 17.2 Å². The first-order chi connectivity index (χ1) is 14.3. The lowest BCUT2D eigenvalue weighted by Gasteiger charge is -2.30. The Hall–Kier alpha value is -2.53. The highest BCUT2D eigenvalue weighted by atomic mass is 19.1. The first-order valence-electron chi connectivity index (χ1n) is 10.7. The van der Waals surface area contributed by atoms with Crippen LogP contribution in [-0.4, -0.2) is 36.2 Å². The molecule has 0 atom stereocenters. The van der Waals surface area contributed by atoms with E-state index in [-0.39, 0.29) is 30.0 Å². The minimum Gasteiger partial charge on any atom is -0.325 e. The van der Waals surface area contributed by atoms with Crippen molar-refractivity contribution in [2.75, 3.05) is 25.0 Å². The SMILES string of the molecule is Cc1ccc(NC(=O)CN2CCC(C(=O)c3ccc(CC(C)C)cc3)CC2)cc1F. The Morgan fingerprint density at radius 3 is 2.37 bits per heavy atom. The topological polar surface area (TPSA) is 49.4 Å². The Labute approximate surface area is 178 Å². The van der Waals surface area contributed by atoms with Crippen LogP contribution in [0.15, 0.2) is 42.5 Å². The normalized spacial score (nSPS) is 15.4. The molecule has 0 saturated carbocycles. The molecule has 2 aromatic carbocycles. The van der Waals surface area contributed by atoms with Crippen molar-refractivity contribution in [1.29, 1.82) is 0 Å². The van der Waals surface area contributed by atoms with Crippen LogP contribution in [-0.2, 0) is 11.2 Å². The van der Waals surface area contributed by atoms with E-state index in [2.05, 4.69) is 36.2 Å². The average molecular weight is 411 g/mol. The Balaban J connectivity index is 1.47. The number of anilines is 1. The molecule has 1 N–H and O–H groups in total. The summed E-state index contributed by atoms with van der Waals surface area (Å²) in [5.74, 6) is 0.308. The molecule has 30 heavy (non-hydrogen) atoms.